The van der Waals surface area contributed by atoms with Crippen LogP contribution < -0.4 is 60.2 Å². The molecule has 0 aliphatic carbocycles. The number of likely N-dealkylation sites (tertiary alicyclic amines) is 1. The summed E-state index contributed by atoms with van der Waals surface area (Å²) in [5.74, 6) is -13.0. The number of primary amides is 1. The van der Waals surface area contributed by atoms with E-state index in [9.17, 15) is 72.9 Å². The number of carbonyl (C=O) groups is 12. The zero-order valence-electron chi connectivity index (χ0n) is 41.0. The van der Waals surface area contributed by atoms with Crippen LogP contribution in [0.15, 0.2) is 4.99 Å². The van der Waals surface area contributed by atoms with Gasteiger partial charge >= 0.3 is 17.9 Å². The van der Waals surface area contributed by atoms with E-state index in [1.807, 2.05) is 0 Å². The predicted octanol–water partition coefficient (Wildman–Crippen LogP) is -4.43. The van der Waals surface area contributed by atoms with E-state index >= 15 is 0 Å². The molecule has 18 N–H and O–H groups in total. The highest BCUT2D eigenvalue weighted by Gasteiger charge is 2.41. The second-order valence-electron chi connectivity index (χ2n) is 18.0. The van der Waals surface area contributed by atoms with E-state index in [1.54, 1.807) is 27.7 Å². The van der Waals surface area contributed by atoms with Gasteiger partial charge in [-0.2, -0.15) is 0 Å². The fraction of sp³-hybridized carbons (Fsp3) is 0.698. The molecule has 1 aliphatic rings. The van der Waals surface area contributed by atoms with Crippen molar-refractivity contribution in [3.8, 4) is 0 Å². The largest absolute Gasteiger partial charge is 0.481 e. The summed E-state index contributed by atoms with van der Waals surface area (Å²) in [6.07, 6.45) is -2.28. The minimum absolute atomic E-state index is 0.00448. The van der Waals surface area contributed by atoms with Gasteiger partial charge in [-0.15, -0.1) is 0 Å². The first-order chi connectivity index (χ1) is 33.0. The van der Waals surface area contributed by atoms with Gasteiger partial charge in [0.1, 0.15) is 48.3 Å². The van der Waals surface area contributed by atoms with Crippen LogP contribution in [0.3, 0.4) is 0 Å². The van der Waals surface area contributed by atoms with Crippen molar-refractivity contribution in [2.24, 2.45) is 39.8 Å². The van der Waals surface area contributed by atoms with Crippen LogP contribution in [0, 0.1) is 11.8 Å². The molecule has 0 bridgehead atoms. The zero-order valence-corrected chi connectivity index (χ0v) is 41.0. The minimum atomic E-state index is -1.59. The number of guanidine groups is 1. The van der Waals surface area contributed by atoms with Gasteiger partial charge in [0.25, 0.3) is 0 Å². The van der Waals surface area contributed by atoms with E-state index in [2.05, 4.69) is 42.2 Å². The number of carboxylic acid groups (broad SMARTS) is 3. The molecule has 28 heteroatoms. The lowest BCUT2D eigenvalue weighted by Gasteiger charge is -2.32. The molecule has 1 rings (SSSR count). The highest BCUT2D eigenvalue weighted by Crippen LogP contribution is 2.21. The van der Waals surface area contributed by atoms with Crippen molar-refractivity contribution in [1.29, 1.82) is 0 Å². The number of carboxylic acids is 3. The summed E-state index contributed by atoms with van der Waals surface area (Å²) in [5, 5.41) is 45.6. The average molecular weight is 1010 g/mol. The molecule has 0 spiro atoms. The molecule has 1 fully saturated rings. The molecular formula is C43H73N13O15. The number of aliphatic imine (C=N–C) groups is 1. The summed E-state index contributed by atoms with van der Waals surface area (Å²) in [4.78, 5) is 159. The highest BCUT2D eigenvalue weighted by atomic mass is 16.4. The Morgan fingerprint density at radius 3 is 1.56 bits per heavy atom. The molecule has 1 aliphatic heterocycles. The summed E-state index contributed by atoms with van der Waals surface area (Å²) >= 11 is 0. The first-order valence-electron chi connectivity index (χ1n) is 23.2. The van der Waals surface area contributed by atoms with Crippen LogP contribution in [0.4, 0.5) is 0 Å². The number of hydrogen-bond donors (Lipinski definition) is 14. The van der Waals surface area contributed by atoms with Gasteiger partial charge in [0, 0.05) is 32.4 Å². The molecule has 1 heterocycles. The van der Waals surface area contributed by atoms with Crippen molar-refractivity contribution in [3.63, 3.8) is 0 Å². The van der Waals surface area contributed by atoms with Gasteiger partial charge in [-0.05, 0) is 77.0 Å². The monoisotopic (exact) mass is 1010 g/mol. The highest BCUT2D eigenvalue weighted by molar-refractivity contribution is 5.98. The number of amides is 9. The summed E-state index contributed by atoms with van der Waals surface area (Å²) in [6, 6.07) is -12.3. The summed E-state index contributed by atoms with van der Waals surface area (Å²) < 4.78 is 0. The molecule has 0 radical (unpaired) electrons. The topological polar surface area (TPSA) is 469 Å². The summed E-state index contributed by atoms with van der Waals surface area (Å²) in [6.45, 7) is 9.32. The van der Waals surface area contributed by atoms with Gasteiger partial charge in [0.2, 0.25) is 53.2 Å². The van der Waals surface area contributed by atoms with Crippen LogP contribution in [-0.4, -0.2) is 165 Å². The Morgan fingerprint density at radius 1 is 0.592 bits per heavy atom. The number of nitrogens with two attached hydrogens (primary N) is 4. The first kappa shape index (κ1) is 61.9. The number of nitrogens with zero attached hydrogens (tertiary/aromatic N) is 2. The van der Waals surface area contributed by atoms with Crippen molar-refractivity contribution in [2.75, 3.05) is 13.1 Å². The Hall–Kier alpha value is -7.13. The lowest BCUT2D eigenvalue weighted by Crippen LogP contribution is -2.60. The van der Waals surface area contributed by atoms with E-state index < -0.39 is 157 Å². The molecular weight excluding hydrogens is 939 g/mol. The van der Waals surface area contributed by atoms with Gasteiger partial charge in [-0.25, -0.2) is 4.79 Å². The predicted molar refractivity (Wildman–Crippen MR) is 252 cm³/mol. The molecule has 0 aromatic carbocycles. The van der Waals surface area contributed by atoms with E-state index in [1.165, 1.54) is 13.8 Å². The lowest BCUT2D eigenvalue weighted by atomic mass is 10.0. The lowest BCUT2D eigenvalue weighted by molar-refractivity contribution is -0.144. The molecule has 0 saturated carbocycles. The summed E-state index contributed by atoms with van der Waals surface area (Å²) in [5.41, 5.74) is 21.4. The third kappa shape index (κ3) is 22.9. The summed E-state index contributed by atoms with van der Waals surface area (Å²) in [7, 11) is 0. The average Bonchev–Trinajstić information content (AvgIpc) is 3.77. The van der Waals surface area contributed by atoms with Gasteiger partial charge in [0.05, 0.1) is 6.04 Å². The van der Waals surface area contributed by atoms with Crippen molar-refractivity contribution in [3.05, 3.63) is 0 Å². The van der Waals surface area contributed by atoms with Gasteiger partial charge < -0.3 is 80.4 Å². The number of carbonyl (C=O) groups excluding carboxylic acids is 9. The van der Waals surface area contributed by atoms with Crippen molar-refractivity contribution < 1.29 is 72.9 Å². The standard InChI is InChI=1S/C43H73N13O15/c1-20(2)19-28(39(67)53-27(42(70)71)9-7-17-48-43(46)47)54-35(63)23(6)49-36(64)25(12-15-31(58)59)52-40(68)29-10-8-18-56(29)41(69)33(21(3)4)55-38(66)26(13-16-32(60)61)51-37(65)24(11-14-30(45)57)50-34(62)22(5)44/h20-29,33H,7-19,44H2,1-6H3,(H2,45,57)(H,49,64)(H,50,62)(H,51,65)(H,52,68)(H,53,67)(H,54,63)(H,55,66)(H,58,59)(H,60,61)(H,70,71)(H4,46,47,48)/t22-,23-,24-,25-,26-,27-,28-,29-,33-/m0/s1. The van der Waals surface area contributed by atoms with Gasteiger partial charge in [0.15, 0.2) is 5.96 Å². The fourth-order valence-corrected chi connectivity index (χ4v) is 7.13. The Kier molecular flexibility index (Phi) is 26.6. The maximum Gasteiger partial charge on any atom is 0.326 e. The fourth-order valence-electron chi connectivity index (χ4n) is 7.13. The number of aliphatic carboxylic acids is 3. The second kappa shape index (κ2) is 30.5. The Morgan fingerprint density at radius 2 is 1.07 bits per heavy atom. The van der Waals surface area contributed by atoms with Crippen LogP contribution >= 0.6 is 0 Å². The molecule has 28 nitrogen and oxygen atoms in total. The minimum Gasteiger partial charge on any atom is -0.481 e. The van der Waals surface area contributed by atoms with E-state index in [0.717, 1.165) is 4.90 Å². The normalized spacial score (nSPS) is 16.6. The van der Waals surface area contributed by atoms with Gasteiger partial charge in [-0.1, -0.05) is 27.7 Å². The van der Waals surface area contributed by atoms with Crippen LogP contribution in [0.2, 0.25) is 0 Å². The molecule has 9 atom stereocenters. The van der Waals surface area contributed by atoms with E-state index in [0.29, 0.717) is 0 Å². The Bertz CT molecular complexity index is 1960. The maximum absolute atomic E-state index is 14.2. The number of rotatable bonds is 32. The van der Waals surface area contributed by atoms with E-state index in [-0.39, 0.29) is 69.9 Å². The molecule has 0 aromatic heterocycles. The third-order valence-electron chi connectivity index (χ3n) is 11.0. The SMILES string of the molecule is CC(C)C[C@H](NC(=O)[C@H](C)NC(=O)[C@H](CCC(=O)O)NC(=O)[C@@H]1CCCN1C(=O)[C@@H](NC(=O)[C@H](CCC(=O)O)NC(=O)[C@H](CCC(N)=O)NC(=O)[C@H](C)N)C(C)C)C(=O)N[C@@H](CCCN=C(N)N)C(=O)O. The van der Waals surface area contributed by atoms with Crippen LogP contribution in [-0.2, 0) is 57.5 Å². The zero-order chi connectivity index (χ0) is 54.3. The molecule has 1 saturated heterocycles. The molecule has 71 heavy (non-hydrogen) atoms. The molecule has 400 valence electrons. The van der Waals surface area contributed by atoms with Crippen molar-refractivity contribution >= 4 is 77.0 Å². The van der Waals surface area contributed by atoms with E-state index in [4.69, 9.17) is 22.9 Å². The molecule has 9 amide bonds. The van der Waals surface area contributed by atoms with Crippen LogP contribution in [0.5, 0.6) is 0 Å². The van der Waals surface area contributed by atoms with Crippen molar-refractivity contribution in [2.45, 2.75) is 167 Å². The van der Waals surface area contributed by atoms with Crippen LogP contribution in [0.1, 0.15) is 112 Å². The second-order valence-corrected chi connectivity index (χ2v) is 18.0. The smallest absolute Gasteiger partial charge is 0.326 e. The Balaban J connectivity index is 3.29. The maximum atomic E-state index is 14.2. The number of hydrogen-bond acceptors (Lipinski definition) is 14. The Labute approximate surface area is 410 Å². The van der Waals surface area contributed by atoms with Crippen LogP contribution in [0.25, 0.3) is 0 Å². The molecule has 0 unspecified atom stereocenters. The van der Waals surface area contributed by atoms with Gasteiger partial charge in [-0.3, -0.25) is 57.7 Å². The first-order valence-corrected chi connectivity index (χ1v) is 23.2. The quantitative estimate of drug-likeness (QED) is 0.0172. The number of nitrogens with one attached hydrogen (secondary N) is 7. The van der Waals surface area contributed by atoms with Crippen molar-refractivity contribution in [1.82, 2.24) is 42.1 Å². The third-order valence-corrected chi connectivity index (χ3v) is 11.0. The molecule has 0 aromatic rings.